The number of benzene rings is 2. The van der Waals surface area contributed by atoms with Crippen molar-refractivity contribution in [1.82, 2.24) is 10.2 Å². The summed E-state index contributed by atoms with van der Waals surface area (Å²) in [7, 11) is -1.16. The smallest absolute Gasteiger partial charge is 0.291 e. The highest BCUT2D eigenvalue weighted by Crippen LogP contribution is 2.31. The number of hydrogen-bond acceptors (Lipinski definition) is 8. The van der Waals surface area contributed by atoms with Crippen LogP contribution in [0.5, 0.6) is 11.5 Å². The van der Waals surface area contributed by atoms with Crippen molar-refractivity contribution >= 4 is 38.1 Å². The summed E-state index contributed by atoms with van der Waals surface area (Å²) in [6, 6.07) is 13.2. The molecular weight excluding hydrogens is 404 g/mol. The molecule has 9 nitrogen and oxygen atoms in total. The number of hydrogen-bond donors (Lipinski definition) is 2. The molecule has 0 spiro atoms. The van der Waals surface area contributed by atoms with Crippen molar-refractivity contribution in [3.63, 3.8) is 0 Å². The van der Waals surface area contributed by atoms with Crippen LogP contribution in [0, 0.1) is 0 Å². The van der Waals surface area contributed by atoms with Gasteiger partial charge in [-0.2, -0.15) is 8.42 Å². The molecule has 0 unspecified atom stereocenters. The predicted molar refractivity (Wildman–Crippen MR) is 105 cm³/mol. The molecule has 3 rings (SSSR count). The van der Waals surface area contributed by atoms with Gasteiger partial charge in [-0.1, -0.05) is 29.5 Å². The standard InChI is InChI=1S/C17H16N4O5S2/c1-25-12-8-9-14(26-2)13(10-12)21-28(23,24)17-20-19-16(27-17)18-15(22)11-6-4-3-5-7-11/h3-10,21H,1-2H3,(H,18,19,22). The fourth-order valence-electron chi connectivity index (χ4n) is 2.21. The number of methoxy groups -OCH3 is 2. The van der Waals surface area contributed by atoms with Crippen molar-refractivity contribution in [2.24, 2.45) is 0 Å². The zero-order chi connectivity index (χ0) is 20.1. The van der Waals surface area contributed by atoms with Crippen LogP contribution in [-0.4, -0.2) is 38.7 Å². The molecule has 0 aliphatic carbocycles. The second-order valence-electron chi connectivity index (χ2n) is 5.36. The molecule has 146 valence electrons. The molecule has 0 radical (unpaired) electrons. The Morgan fingerprint density at radius 3 is 2.46 bits per heavy atom. The molecule has 0 bridgehead atoms. The highest BCUT2D eigenvalue weighted by atomic mass is 32.2. The maximum Gasteiger partial charge on any atom is 0.291 e. The molecule has 1 aromatic heterocycles. The van der Waals surface area contributed by atoms with Crippen molar-refractivity contribution < 1.29 is 22.7 Å². The summed E-state index contributed by atoms with van der Waals surface area (Å²) in [6.07, 6.45) is 0. The van der Waals surface area contributed by atoms with Gasteiger partial charge in [-0.15, -0.1) is 10.2 Å². The number of nitrogens with zero attached hydrogens (tertiary/aromatic N) is 2. The minimum absolute atomic E-state index is 0.0619. The topological polar surface area (TPSA) is 120 Å². The van der Waals surface area contributed by atoms with Gasteiger partial charge in [0.05, 0.1) is 19.9 Å². The number of amides is 1. The van der Waals surface area contributed by atoms with Crippen molar-refractivity contribution in [3.8, 4) is 11.5 Å². The van der Waals surface area contributed by atoms with Gasteiger partial charge in [0.25, 0.3) is 20.3 Å². The lowest BCUT2D eigenvalue weighted by Crippen LogP contribution is -2.13. The third-order valence-corrected chi connectivity index (χ3v) is 6.12. The number of ether oxygens (including phenoxy) is 2. The largest absolute Gasteiger partial charge is 0.497 e. The van der Waals surface area contributed by atoms with Gasteiger partial charge in [0.1, 0.15) is 11.5 Å². The van der Waals surface area contributed by atoms with E-state index in [2.05, 4.69) is 20.2 Å². The summed E-state index contributed by atoms with van der Waals surface area (Å²) in [6.45, 7) is 0. The van der Waals surface area contributed by atoms with Crippen LogP contribution >= 0.6 is 11.3 Å². The van der Waals surface area contributed by atoms with E-state index in [0.717, 1.165) is 11.3 Å². The lowest BCUT2D eigenvalue weighted by Gasteiger charge is -2.11. The molecule has 0 saturated heterocycles. The van der Waals surface area contributed by atoms with Gasteiger partial charge in [0.2, 0.25) is 5.13 Å². The van der Waals surface area contributed by atoms with E-state index in [4.69, 9.17) is 9.47 Å². The van der Waals surface area contributed by atoms with Crippen molar-refractivity contribution in [2.75, 3.05) is 24.3 Å². The molecule has 11 heteroatoms. The van der Waals surface area contributed by atoms with Gasteiger partial charge in [0.15, 0.2) is 0 Å². The molecular formula is C17H16N4O5S2. The minimum Gasteiger partial charge on any atom is -0.497 e. The van der Waals surface area contributed by atoms with Crippen molar-refractivity contribution in [1.29, 1.82) is 0 Å². The van der Waals surface area contributed by atoms with Crippen LogP contribution < -0.4 is 19.5 Å². The molecule has 0 aliphatic rings. The fraction of sp³-hybridized carbons (Fsp3) is 0.118. The first-order valence-corrected chi connectivity index (χ1v) is 10.2. The Balaban J connectivity index is 1.79. The molecule has 0 saturated carbocycles. The monoisotopic (exact) mass is 420 g/mol. The van der Waals surface area contributed by atoms with Crippen LogP contribution in [0.3, 0.4) is 0 Å². The van der Waals surface area contributed by atoms with Crippen LogP contribution in [0.4, 0.5) is 10.8 Å². The summed E-state index contributed by atoms with van der Waals surface area (Å²) in [5.41, 5.74) is 0.605. The quantitative estimate of drug-likeness (QED) is 0.564. The summed E-state index contributed by atoms with van der Waals surface area (Å²) >= 11 is 0.729. The van der Waals surface area contributed by atoms with Crippen LogP contribution in [0.25, 0.3) is 0 Å². The first kappa shape index (κ1) is 19.6. The molecule has 0 atom stereocenters. The third kappa shape index (κ3) is 4.38. The highest BCUT2D eigenvalue weighted by molar-refractivity contribution is 7.94. The molecule has 2 N–H and O–H groups in total. The van der Waals surface area contributed by atoms with E-state index in [-0.39, 0.29) is 15.2 Å². The van der Waals surface area contributed by atoms with Crippen molar-refractivity contribution in [3.05, 3.63) is 54.1 Å². The predicted octanol–water partition coefficient (Wildman–Crippen LogP) is 2.61. The number of sulfonamides is 1. The van der Waals surface area contributed by atoms with Crippen molar-refractivity contribution in [2.45, 2.75) is 4.34 Å². The lowest BCUT2D eigenvalue weighted by molar-refractivity contribution is 0.102. The molecule has 28 heavy (non-hydrogen) atoms. The van der Waals surface area contributed by atoms with Gasteiger partial charge >= 0.3 is 0 Å². The number of anilines is 2. The normalized spacial score (nSPS) is 10.9. The minimum atomic E-state index is -4.04. The van der Waals surface area contributed by atoms with E-state index < -0.39 is 15.9 Å². The summed E-state index contributed by atoms with van der Waals surface area (Å²) < 4.78 is 37.6. The average molecular weight is 420 g/mol. The second kappa shape index (κ2) is 8.23. The highest BCUT2D eigenvalue weighted by Gasteiger charge is 2.23. The Morgan fingerprint density at radius 1 is 1.04 bits per heavy atom. The van der Waals surface area contributed by atoms with E-state index in [1.807, 2.05) is 0 Å². The van der Waals surface area contributed by atoms with Gasteiger partial charge in [-0.25, -0.2) is 0 Å². The average Bonchev–Trinajstić information content (AvgIpc) is 3.18. The Morgan fingerprint density at radius 2 is 1.79 bits per heavy atom. The van der Waals surface area contributed by atoms with Gasteiger partial charge < -0.3 is 9.47 Å². The summed E-state index contributed by atoms with van der Waals surface area (Å²) in [5.74, 6) is 0.348. The maximum absolute atomic E-state index is 12.6. The summed E-state index contributed by atoms with van der Waals surface area (Å²) in [5, 5.41) is 9.97. The Kier molecular flexibility index (Phi) is 5.76. The number of carbonyl (C=O) groups excluding carboxylic acids is 1. The summed E-state index contributed by atoms with van der Waals surface area (Å²) in [4.78, 5) is 12.2. The van der Waals surface area contributed by atoms with Crippen LogP contribution in [0.15, 0.2) is 52.9 Å². The Bertz CT molecular complexity index is 1080. The molecule has 0 aliphatic heterocycles. The van der Waals surface area contributed by atoms with E-state index in [1.54, 1.807) is 42.5 Å². The van der Waals surface area contributed by atoms with E-state index >= 15 is 0 Å². The van der Waals surface area contributed by atoms with E-state index in [1.165, 1.54) is 20.3 Å². The number of carbonyl (C=O) groups is 1. The first-order valence-electron chi connectivity index (χ1n) is 7.87. The number of aromatic nitrogens is 2. The third-order valence-electron chi connectivity index (χ3n) is 3.54. The Labute approximate surface area is 165 Å². The fourth-order valence-corrected chi connectivity index (χ4v) is 4.17. The first-order chi connectivity index (χ1) is 13.4. The molecule has 1 amide bonds. The van der Waals surface area contributed by atoms with Crippen LogP contribution in [0.2, 0.25) is 0 Å². The zero-order valence-electron chi connectivity index (χ0n) is 14.9. The number of nitrogens with one attached hydrogen (secondary N) is 2. The van der Waals surface area contributed by atoms with E-state index in [9.17, 15) is 13.2 Å². The molecule has 0 fully saturated rings. The van der Waals surface area contributed by atoms with Crippen LogP contribution in [0.1, 0.15) is 10.4 Å². The molecule has 1 heterocycles. The van der Waals surface area contributed by atoms with Gasteiger partial charge in [-0.3, -0.25) is 14.8 Å². The molecule has 3 aromatic rings. The Hall–Kier alpha value is -3.18. The zero-order valence-corrected chi connectivity index (χ0v) is 16.5. The molecule has 2 aromatic carbocycles. The van der Waals surface area contributed by atoms with E-state index in [0.29, 0.717) is 17.1 Å². The second-order valence-corrected chi connectivity index (χ2v) is 8.20. The SMILES string of the molecule is COc1ccc(OC)c(NS(=O)(=O)c2nnc(NC(=O)c3ccccc3)s2)c1. The maximum atomic E-state index is 12.6. The van der Waals surface area contributed by atoms with Crippen LogP contribution in [-0.2, 0) is 10.0 Å². The lowest BCUT2D eigenvalue weighted by atomic mass is 10.2. The van der Waals surface area contributed by atoms with Gasteiger partial charge in [0, 0.05) is 11.6 Å². The van der Waals surface area contributed by atoms with Gasteiger partial charge in [-0.05, 0) is 24.3 Å². The number of rotatable bonds is 7.